The molecule has 0 aromatic carbocycles. The number of carbonyl (C=O) groups is 1. The summed E-state index contributed by atoms with van der Waals surface area (Å²) in [5.74, 6) is 1.75. The topological polar surface area (TPSA) is 71.2 Å². The second kappa shape index (κ2) is 5.40. The predicted molar refractivity (Wildman–Crippen MR) is 78.3 cm³/mol. The first-order chi connectivity index (χ1) is 9.65. The van der Waals surface area contributed by atoms with E-state index in [4.69, 9.17) is 5.73 Å². The van der Waals surface area contributed by atoms with Gasteiger partial charge in [-0.2, -0.15) is 0 Å². The molecule has 3 rings (SSSR count). The van der Waals surface area contributed by atoms with Crippen LogP contribution in [0.15, 0.2) is 18.3 Å². The van der Waals surface area contributed by atoms with Gasteiger partial charge in [0.25, 0.3) is 0 Å². The third-order valence-corrected chi connectivity index (χ3v) is 4.43. The lowest BCUT2D eigenvalue weighted by Crippen LogP contribution is -2.54. The second-order valence-corrected chi connectivity index (χ2v) is 5.91. The molecule has 2 fully saturated rings. The van der Waals surface area contributed by atoms with Crippen molar-refractivity contribution in [2.75, 3.05) is 18.0 Å². The van der Waals surface area contributed by atoms with Crippen LogP contribution < -0.4 is 16.0 Å². The van der Waals surface area contributed by atoms with E-state index in [0.717, 1.165) is 37.3 Å². The van der Waals surface area contributed by atoms with Crippen LogP contribution in [0.3, 0.4) is 0 Å². The van der Waals surface area contributed by atoms with Gasteiger partial charge >= 0.3 is 0 Å². The van der Waals surface area contributed by atoms with Crippen LogP contribution in [-0.4, -0.2) is 30.0 Å². The standard InChI is InChI=1S/C15H22N4O/c1-10(16)12-3-2-7-17-15(12)19-8-6-13-11(9-19)4-5-14(20)18-13/h2-3,7,10-11,13H,4-6,8-9,16H2,1H3,(H,18,20)/t10-,11?,13?/m0/s1. The molecule has 108 valence electrons. The van der Waals surface area contributed by atoms with Crippen molar-refractivity contribution in [2.45, 2.75) is 38.3 Å². The number of anilines is 1. The van der Waals surface area contributed by atoms with Gasteiger partial charge in [0.15, 0.2) is 0 Å². The molecule has 0 aliphatic carbocycles. The molecular weight excluding hydrogens is 252 g/mol. The number of amides is 1. The van der Waals surface area contributed by atoms with Crippen molar-refractivity contribution in [3.05, 3.63) is 23.9 Å². The van der Waals surface area contributed by atoms with Crippen LogP contribution in [0.5, 0.6) is 0 Å². The quantitative estimate of drug-likeness (QED) is 0.850. The number of piperidine rings is 2. The van der Waals surface area contributed by atoms with E-state index in [-0.39, 0.29) is 11.9 Å². The number of fused-ring (bicyclic) bond motifs is 1. The van der Waals surface area contributed by atoms with E-state index < -0.39 is 0 Å². The minimum atomic E-state index is -0.0116. The SMILES string of the molecule is C[C@H](N)c1cccnc1N1CCC2NC(=O)CCC2C1. The monoisotopic (exact) mass is 274 g/mol. The Balaban J connectivity index is 1.78. The van der Waals surface area contributed by atoms with Crippen LogP contribution >= 0.6 is 0 Å². The number of aromatic nitrogens is 1. The molecule has 1 aromatic rings. The summed E-state index contributed by atoms with van der Waals surface area (Å²) < 4.78 is 0. The molecule has 2 aliphatic rings. The van der Waals surface area contributed by atoms with E-state index in [2.05, 4.69) is 21.3 Å². The fourth-order valence-electron chi connectivity index (χ4n) is 3.33. The van der Waals surface area contributed by atoms with Crippen molar-refractivity contribution in [1.29, 1.82) is 0 Å². The molecule has 3 N–H and O–H groups in total. The number of carbonyl (C=O) groups excluding carboxylic acids is 1. The van der Waals surface area contributed by atoms with Crippen LogP contribution in [0, 0.1) is 5.92 Å². The number of nitrogens with zero attached hydrogens (tertiary/aromatic N) is 2. The van der Waals surface area contributed by atoms with Crippen molar-refractivity contribution < 1.29 is 4.79 Å². The molecule has 3 atom stereocenters. The summed E-state index contributed by atoms with van der Waals surface area (Å²) in [7, 11) is 0. The molecular formula is C15H22N4O. The van der Waals surface area contributed by atoms with Crippen LogP contribution in [0.1, 0.15) is 37.8 Å². The molecule has 0 spiro atoms. The molecule has 1 aromatic heterocycles. The van der Waals surface area contributed by atoms with Gasteiger partial charge in [-0.15, -0.1) is 0 Å². The van der Waals surface area contributed by atoms with Gasteiger partial charge in [-0.25, -0.2) is 4.98 Å². The molecule has 0 bridgehead atoms. The van der Waals surface area contributed by atoms with Gasteiger partial charge < -0.3 is 16.0 Å². The fraction of sp³-hybridized carbons (Fsp3) is 0.600. The fourth-order valence-corrected chi connectivity index (χ4v) is 3.33. The van der Waals surface area contributed by atoms with E-state index in [0.29, 0.717) is 18.4 Å². The first-order valence-electron chi connectivity index (χ1n) is 7.40. The normalized spacial score (nSPS) is 27.7. The summed E-state index contributed by atoms with van der Waals surface area (Å²) in [5.41, 5.74) is 7.15. The Labute approximate surface area is 119 Å². The third-order valence-electron chi connectivity index (χ3n) is 4.43. The maximum atomic E-state index is 11.5. The number of hydrogen-bond acceptors (Lipinski definition) is 4. The highest BCUT2D eigenvalue weighted by molar-refractivity contribution is 5.77. The van der Waals surface area contributed by atoms with Crippen LogP contribution in [0.2, 0.25) is 0 Å². The highest BCUT2D eigenvalue weighted by Gasteiger charge is 2.34. The maximum Gasteiger partial charge on any atom is 0.220 e. The summed E-state index contributed by atoms with van der Waals surface area (Å²) in [6, 6.07) is 4.33. The molecule has 5 heteroatoms. The Morgan fingerprint density at radius 1 is 1.50 bits per heavy atom. The smallest absolute Gasteiger partial charge is 0.220 e. The van der Waals surface area contributed by atoms with E-state index in [1.165, 1.54) is 0 Å². The van der Waals surface area contributed by atoms with Crippen molar-refractivity contribution >= 4 is 11.7 Å². The molecule has 3 heterocycles. The number of nitrogens with one attached hydrogen (secondary N) is 1. The zero-order chi connectivity index (χ0) is 14.1. The summed E-state index contributed by atoms with van der Waals surface area (Å²) in [4.78, 5) is 18.3. The average Bonchev–Trinajstić information content (AvgIpc) is 2.46. The van der Waals surface area contributed by atoms with E-state index >= 15 is 0 Å². The van der Waals surface area contributed by atoms with Crippen LogP contribution in [0.4, 0.5) is 5.82 Å². The van der Waals surface area contributed by atoms with Crippen molar-refractivity contribution in [3.8, 4) is 0 Å². The summed E-state index contributed by atoms with van der Waals surface area (Å²) >= 11 is 0. The first kappa shape index (κ1) is 13.4. The molecule has 2 unspecified atom stereocenters. The molecule has 5 nitrogen and oxygen atoms in total. The summed E-state index contributed by atoms with van der Waals surface area (Å²) in [6.45, 7) is 3.88. The number of rotatable bonds is 2. The summed E-state index contributed by atoms with van der Waals surface area (Å²) in [6.07, 6.45) is 4.45. The van der Waals surface area contributed by atoms with Crippen LogP contribution in [-0.2, 0) is 4.79 Å². The molecule has 20 heavy (non-hydrogen) atoms. The van der Waals surface area contributed by atoms with Gasteiger partial charge in [-0.3, -0.25) is 4.79 Å². The van der Waals surface area contributed by atoms with Crippen molar-refractivity contribution in [3.63, 3.8) is 0 Å². The van der Waals surface area contributed by atoms with Gasteiger partial charge in [0.1, 0.15) is 5.82 Å². The number of pyridine rings is 1. The third kappa shape index (κ3) is 2.50. The molecule has 2 aliphatic heterocycles. The molecule has 2 saturated heterocycles. The van der Waals surface area contributed by atoms with Crippen molar-refractivity contribution in [1.82, 2.24) is 10.3 Å². The molecule has 0 radical (unpaired) electrons. The lowest BCUT2D eigenvalue weighted by atomic mass is 9.85. The highest BCUT2D eigenvalue weighted by Crippen LogP contribution is 2.30. The molecule has 0 saturated carbocycles. The van der Waals surface area contributed by atoms with Gasteiger partial charge in [-0.1, -0.05) is 6.07 Å². The predicted octanol–water partition coefficient (Wildman–Crippen LogP) is 1.21. The number of nitrogens with two attached hydrogens (primary N) is 1. The second-order valence-electron chi connectivity index (χ2n) is 5.91. The maximum absolute atomic E-state index is 11.5. The Kier molecular flexibility index (Phi) is 3.61. The Morgan fingerprint density at radius 3 is 3.15 bits per heavy atom. The average molecular weight is 274 g/mol. The molecule has 1 amide bonds. The zero-order valence-electron chi connectivity index (χ0n) is 11.9. The number of hydrogen-bond donors (Lipinski definition) is 2. The Bertz CT molecular complexity index is 502. The first-order valence-corrected chi connectivity index (χ1v) is 7.40. The lowest BCUT2D eigenvalue weighted by Gasteiger charge is -2.42. The van der Waals surface area contributed by atoms with E-state index in [9.17, 15) is 4.79 Å². The zero-order valence-corrected chi connectivity index (χ0v) is 11.9. The van der Waals surface area contributed by atoms with Gasteiger partial charge in [0, 0.05) is 43.4 Å². The van der Waals surface area contributed by atoms with E-state index in [1.807, 2.05) is 19.2 Å². The highest BCUT2D eigenvalue weighted by atomic mass is 16.1. The largest absolute Gasteiger partial charge is 0.356 e. The minimum absolute atomic E-state index is 0.0116. The van der Waals surface area contributed by atoms with E-state index in [1.54, 1.807) is 0 Å². The van der Waals surface area contributed by atoms with Crippen molar-refractivity contribution in [2.24, 2.45) is 11.7 Å². The van der Waals surface area contributed by atoms with Crippen LogP contribution in [0.25, 0.3) is 0 Å². The Morgan fingerprint density at radius 2 is 2.35 bits per heavy atom. The van der Waals surface area contributed by atoms with Gasteiger partial charge in [0.05, 0.1) is 0 Å². The van der Waals surface area contributed by atoms with Gasteiger partial charge in [-0.05, 0) is 31.7 Å². The Hall–Kier alpha value is -1.62. The summed E-state index contributed by atoms with van der Waals surface area (Å²) in [5, 5.41) is 3.12. The minimum Gasteiger partial charge on any atom is -0.356 e. The van der Waals surface area contributed by atoms with Gasteiger partial charge in [0.2, 0.25) is 5.91 Å². The lowest BCUT2D eigenvalue weighted by molar-refractivity contribution is -0.124.